The number of hydrogen-bond acceptors (Lipinski definition) is 2. The van der Waals surface area contributed by atoms with Crippen LogP contribution in [-0.4, -0.2) is 42.0 Å². The first kappa shape index (κ1) is 15.5. The van der Waals surface area contributed by atoms with Crippen LogP contribution >= 0.6 is 46.6 Å². The van der Waals surface area contributed by atoms with E-state index in [1.54, 1.807) is 0 Å². The van der Waals surface area contributed by atoms with Gasteiger partial charge in [0.05, 0.1) is 0 Å². The second kappa shape index (κ2) is 9.35. The molecule has 0 aliphatic carbocycles. The van der Waals surface area contributed by atoms with Gasteiger partial charge in [0.25, 0.3) is 0 Å². The highest BCUT2D eigenvalue weighted by Gasteiger charge is 2.03. The third kappa shape index (κ3) is 6.78. The van der Waals surface area contributed by atoms with Gasteiger partial charge in [-0.05, 0) is 24.3 Å². The van der Waals surface area contributed by atoms with Crippen molar-refractivity contribution in [3.8, 4) is 0 Å². The van der Waals surface area contributed by atoms with Gasteiger partial charge in [0.2, 0.25) is 0 Å². The normalized spacial score (nSPS) is 11.1. The molecule has 0 amide bonds. The fourth-order valence-electron chi connectivity index (χ4n) is 1.40. The Morgan fingerprint density at radius 2 is 1.53 bits per heavy atom. The second-order valence-corrected chi connectivity index (χ2v) is 5.88. The number of hydrogen-bond donors (Lipinski definition) is 0. The predicted octanol–water partition coefficient (Wildman–Crippen LogP) is 4.21. The summed E-state index contributed by atoms with van der Waals surface area (Å²) in [6, 6.07) is 7.92. The maximum Gasteiger partial charge on any atom is 0.0406 e. The molecule has 1 aromatic carbocycles. The lowest BCUT2D eigenvalue weighted by Crippen LogP contribution is -2.30. The molecule has 0 bridgehead atoms. The van der Waals surface area contributed by atoms with E-state index >= 15 is 0 Å². The summed E-state index contributed by atoms with van der Waals surface area (Å²) in [7, 11) is 0. The van der Waals surface area contributed by atoms with Crippen LogP contribution in [0.5, 0.6) is 0 Å². The van der Waals surface area contributed by atoms with Crippen molar-refractivity contribution in [2.24, 2.45) is 0 Å². The Morgan fingerprint density at radius 3 is 2.06 bits per heavy atom. The van der Waals surface area contributed by atoms with Crippen LogP contribution in [0.15, 0.2) is 29.2 Å². The summed E-state index contributed by atoms with van der Waals surface area (Å²) in [5, 5.41) is 0.778. The molecule has 0 heterocycles. The number of alkyl halides is 2. The highest BCUT2D eigenvalue weighted by atomic mass is 35.5. The minimum atomic E-state index is 0.655. The van der Waals surface area contributed by atoms with Crippen LogP contribution in [0.3, 0.4) is 0 Å². The van der Waals surface area contributed by atoms with Crippen molar-refractivity contribution in [1.29, 1.82) is 0 Å². The molecule has 0 atom stereocenters. The van der Waals surface area contributed by atoms with Gasteiger partial charge in [0.15, 0.2) is 0 Å². The van der Waals surface area contributed by atoms with Gasteiger partial charge < -0.3 is 4.90 Å². The molecule has 0 aliphatic rings. The highest BCUT2D eigenvalue weighted by Crippen LogP contribution is 2.20. The van der Waals surface area contributed by atoms with Crippen LogP contribution in [-0.2, 0) is 0 Å². The molecule has 0 spiro atoms. The Kier molecular flexibility index (Phi) is 8.50. The van der Waals surface area contributed by atoms with E-state index in [-0.39, 0.29) is 0 Å². The Labute approximate surface area is 122 Å². The zero-order valence-corrected chi connectivity index (χ0v) is 12.6. The summed E-state index contributed by atoms with van der Waals surface area (Å²) in [5.74, 6) is 2.35. The van der Waals surface area contributed by atoms with Crippen molar-refractivity contribution < 1.29 is 0 Å². The summed E-state index contributed by atoms with van der Waals surface area (Å²) in [6.07, 6.45) is 0. The van der Waals surface area contributed by atoms with Gasteiger partial charge in [-0.15, -0.1) is 35.0 Å². The average Bonchev–Trinajstić information content (AvgIpc) is 2.32. The van der Waals surface area contributed by atoms with E-state index < -0.39 is 0 Å². The second-order valence-electron chi connectivity index (χ2n) is 3.52. The quantitative estimate of drug-likeness (QED) is 0.522. The highest BCUT2D eigenvalue weighted by molar-refractivity contribution is 7.99. The molecule has 0 aliphatic heterocycles. The van der Waals surface area contributed by atoms with Gasteiger partial charge in [-0.3, -0.25) is 0 Å². The minimum absolute atomic E-state index is 0.655. The van der Waals surface area contributed by atoms with Gasteiger partial charge >= 0.3 is 0 Å². The Hall–Kier alpha value is 0.400. The molecule has 0 N–H and O–H groups in total. The molecule has 1 rings (SSSR count). The monoisotopic (exact) mass is 311 g/mol. The van der Waals surface area contributed by atoms with Crippen molar-refractivity contribution in [2.75, 3.05) is 37.1 Å². The van der Waals surface area contributed by atoms with Crippen LogP contribution in [0, 0.1) is 0 Å². The average molecular weight is 313 g/mol. The van der Waals surface area contributed by atoms with Crippen LogP contribution in [0.4, 0.5) is 0 Å². The summed E-state index contributed by atoms with van der Waals surface area (Å²) < 4.78 is 0. The van der Waals surface area contributed by atoms with Crippen molar-refractivity contribution in [2.45, 2.75) is 4.90 Å². The first-order valence-corrected chi connectivity index (χ1v) is 7.92. The van der Waals surface area contributed by atoms with Gasteiger partial charge in [0, 0.05) is 47.1 Å². The first-order valence-electron chi connectivity index (χ1n) is 5.49. The Bertz CT molecular complexity index is 299. The smallest absolute Gasteiger partial charge is 0.0406 e. The van der Waals surface area contributed by atoms with Crippen LogP contribution in [0.2, 0.25) is 5.02 Å². The molecule has 0 aromatic heterocycles. The first-order chi connectivity index (χ1) is 8.26. The number of halogens is 3. The van der Waals surface area contributed by atoms with Crippen molar-refractivity contribution in [1.82, 2.24) is 4.90 Å². The van der Waals surface area contributed by atoms with Crippen LogP contribution in [0.25, 0.3) is 0 Å². The third-order valence-electron chi connectivity index (χ3n) is 2.29. The summed E-state index contributed by atoms with van der Waals surface area (Å²) in [4.78, 5) is 3.52. The maximum atomic E-state index is 5.83. The van der Waals surface area contributed by atoms with Crippen molar-refractivity contribution >= 4 is 46.6 Å². The predicted molar refractivity (Wildman–Crippen MR) is 80.1 cm³/mol. The molecular formula is C12H16Cl3NS. The van der Waals surface area contributed by atoms with Gasteiger partial charge in [-0.2, -0.15) is 0 Å². The summed E-state index contributed by atoms with van der Waals surface area (Å²) in [5.41, 5.74) is 0. The molecule has 1 nitrogen and oxygen atoms in total. The largest absolute Gasteiger partial charge is 0.300 e. The topological polar surface area (TPSA) is 3.24 Å². The van der Waals surface area contributed by atoms with E-state index in [0.717, 1.165) is 30.4 Å². The summed E-state index contributed by atoms with van der Waals surface area (Å²) in [6.45, 7) is 2.80. The lowest BCUT2D eigenvalue weighted by Gasteiger charge is -2.19. The maximum absolute atomic E-state index is 5.83. The number of thioether (sulfide) groups is 1. The molecule has 17 heavy (non-hydrogen) atoms. The standard InChI is InChI=1S/C12H16Cl3NS/c13-5-7-16(8-6-14)9-10-17-12-3-1-11(15)2-4-12/h1-4H,5-10H2. The molecule has 0 saturated carbocycles. The van der Waals surface area contributed by atoms with Gasteiger partial charge in [-0.1, -0.05) is 11.6 Å². The van der Waals surface area contributed by atoms with E-state index in [2.05, 4.69) is 4.90 Å². The summed E-state index contributed by atoms with van der Waals surface area (Å²) >= 11 is 19.1. The minimum Gasteiger partial charge on any atom is -0.300 e. The van der Waals surface area contributed by atoms with E-state index in [1.807, 2.05) is 36.0 Å². The molecule has 96 valence electrons. The molecule has 1 aromatic rings. The van der Waals surface area contributed by atoms with Crippen LogP contribution < -0.4 is 0 Å². The van der Waals surface area contributed by atoms with E-state index in [1.165, 1.54) is 4.90 Å². The zero-order valence-electron chi connectivity index (χ0n) is 9.54. The molecular weight excluding hydrogens is 297 g/mol. The molecule has 0 fully saturated rings. The SMILES string of the molecule is ClCCN(CCCl)CCSc1ccc(Cl)cc1. The van der Waals surface area contributed by atoms with Crippen LogP contribution in [0.1, 0.15) is 0 Å². The van der Waals surface area contributed by atoms with Crippen molar-refractivity contribution in [3.63, 3.8) is 0 Å². The number of rotatable bonds is 8. The zero-order chi connectivity index (χ0) is 12.5. The molecule has 0 radical (unpaired) electrons. The van der Waals surface area contributed by atoms with Gasteiger partial charge in [-0.25, -0.2) is 0 Å². The number of benzene rings is 1. The lowest BCUT2D eigenvalue weighted by molar-refractivity contribution is 0.327. The van der Waals surface area contributed by atoms with Gasteiger partial charge in [0.1, 0.15) is 0 Å². The van der Waals surface area contributed by atoms with E-state index in [4.69, 9.17) is 34.8 Å². The fraction of sp³-hybridized carbons (Fsp3) is 0.500. The molecule has 5 heteroatoms. The Morgan fingerprint density at radius 1 is 0.941 bits per heavy atom. The third-order valence-corrected chi connectivity index (χ3v) is 3.87. The molecule has 0 unspecified atom stereocenters. The lowest BCUT2D eigenvalue weighted by atomic mass is 10.4. The fourth-order valence-corrected chi connectivity index (χ4v) is 2.92. The number of nitrogens with zero attached hydrogens (tertiary/aromatic N) is 1. The van der Waals surface area contributed by atoms with Crippen molar-refractivity contribution in [3.05, 3.63) is 29.3 Å². The molecule has 0 saturated heterocycles. The van der Waals surface area contributed by atoms with E-state index in [0.29, 0.717) is 11.8 Å². The Balaban J connectivity index is 2.27. The van der Waals surface area contributed by atoms with E-state index in [9.17, 15) is 0 Å².